The van der Waals surface area contributed by atoms with Crippen LogP contribution in [0.2, 0.25) is 5.02 Å². The molecule has 0 aromatic heterocycles. The molecule has 3 rings (SSSR count). The monoisotopic (exact) mass is 407 g/mol. The Labute approximate surface area is 165 Å². The first-order valence-electron chi connectivity index (χ1n) is 7.95. The molecule has 1 fully saturated rings. The molecule has 0 saturated carbocycles. The van der Waals surface area contributed by atoms with Crippen LogP contribution in [0.4, 0.5) is 10.1 Å². The highest BCUT2D eigenvalue weighted by Crippen LogP contribution is 2.37. The minimum absolute atomic E-state index is 0.0526. The van der Waals surface area contributed by atoms with E-state index in [0.29, 0.717) is 21.5 Å². The summed E-state index contributed by atoms with van der Waals surface area (Å²) in [6.07, 6.45) is 2.71. The van der Waals surface area contributed by atoms with Gasteiger partial charge >= 0.3 is 0 Å². The van der Waals surface area contributed by atoms with E-state index in [-0.39, 0.29) is 10.9 Å². The summed E-state index contributed by atoms with van der Waals surface area (Å²) in [7, 11) is 0. The molecule has 7 heteroatoms. The van der Waals surface area contributed by atoms with E-state index in [2.05, 4.69) is 0 Å². The van der Waals surface area contributed by atoms with Gasteiger partial charge in [-0.05, 0) is 48.4 Å². The average Bonchev–Trinajstić information content (AvgIpc) is 2.90. The number of thiocarbonyl (C=S) groups is 1. The molecule has 26 heavy (non-hydrogen) atoms. The molecule has 1 aliphatic rings. The third-order valence-electron chi connectivity index (χ3n) is 3.61. The van der Waals surface area contributed by atoms with Crippen molar-refractivity contribution < 1.29 is 13.9 Å². The number of rotatable bonds is 5. The predicted octanol–water partition coefficient (Wildman–Crippen LogP) is 5.67. The lowest BCUT2D eigenvalue weighted by molar-refractivity contribution is -0.113. The number of amides is 1. The van der Waals surface area contributed by atoms with Crippen LogP contribution in [-0.2, 0) is 4.79 Å². The second-order valence-corrected chi connectivity index (χ2v) is 7.62. The quantitative estimate of drug-likeness (QED) is 0.471. The number of halogens is 2. The highest BCUT2D eigenvalue weighted by Gasteiger charge is 2.33. The summed E-state index contributed by atoms with van der Waals surface area (Å²) in [5.74, 6) is -0.00623. The molecule has 0 aliphatic carbocycles. The van der Waals surface area contributed by atoms with Gasteiger partial charge < -0.3 is 4.74 Å². The fourth-order valence-corrected chi connectivity index (χ4v) is 3.82. The van der Waals surface area contributed by atoms with Gasteiger partial charge in [-0.15, -0.1) is 0 Å². The topological polar surface area (TPSA) is 29.5 Å². The number of hydrogen-bond acceptors (Lipinski definition) is 4. The first-order valence-corrected chi connectivity index (χ1v) is 9.55. The summed E-state index contributed by atoms with van der Waals surface area (Å²) >= 11 is 12.3. The van der Waals surface area contributed by atoms with Gasteiger partial charge in [-0.25, -0.2) is 4.39 Å². The third-order valence-corrected chi connectivity index (χ3v) is 5.20. The van der Waals surface area contributed by atoms with E-state index in [1.807, 2.05) is 31.2 Å². The number of carbonyl (C=O) groups is 1. The molecule has 0 unspecified atom stereocenters. The van der Waals surface area contributed by atoms with E-state index in [1.54, 1.807) is 6.08 Å². The number of nitrogens with zero attached hydrogens (tertiary/aromatic N) is 1. The predicted molar refractivity (Wildman–Crippen MR) is 109 cm³/mol. The van der Waals surface area contributed by atoms with Gasteiger partial charge in [0.1, 0.15) is 11.6 Å². The zero-order valence-corrected chi connectivity index (χ0v) is 16.3. The van der Waals surface area contributed by atoms with Crippen LogP contribution in [-0.4, -0.2) is 16.8 Å². The van der Waals surface area contributed by atoms with E-state index in [4.69, 9.17) is 28.6 Å². The number of hydrogen-bond donors (Lipinski definition) is 0. The maximum Gasteiger partial charge on any atom is 0.270 e. The number of benzene rings is 2. The van der Waals surface area contributed by atoms with Gasteiger partial charge in [0.15, 0.2) is 4.32 Å². The smallest absolute Gasteiger partial charge is 0.270 e. The van der Waals surface area contributed by atoms with Gasteiger partial charge in [0.25, 0.3) is 5.91 Å². The summed E-state index contributed by atoms with van der Waals surface area (Å²) < 4.78 is 19.3. The first kappa shape index (κ1) is 18.9. The van der Waals surface area contributed by atoms with Gasteiger partial charge in [0, 0.05) is 0 Å². The fourth-order valence-electron chi connectivity index (χ4n) is 2.35. The molecule has 3 nitrogen and oxygen atoms in total. The molecular formula is C19H15ClFNO2S2. The van der Waals surface area contributed by atoms with Crippen molar-refractivity contribution >= 4 is 57.6 Å². The van der Waals surface area contributed by atoms with Crippen LogP contribution in [0.3, 0.4) is 0 Å². The Morgan fingerprint density at radius 2 is 2.00 bits per heavy atom. The molecule has 2 aromatic rings. The Balaban J connectivity index is 1.81. The lowest BCUT2D eigenvalue weighted by atomic mass is 10.2. The molecule has 0 spiro atoms. The van der Waals surface area contributed by atoms with Crippen LogP contribution in [0.25, 0.3) is 6.08 Å². The Hall–Kier alpha value is -1.89. The third kappa shape index (κ3) is 4.09. The molecule has 134 valence electrons. The summed E-state index contributed by atoms with van der Waals surface area (Å²) in [6.45, 7) is 2.71. The molecule has 0 N–H and O–H groups in total. The zero-order chi connectivity index (χ0) is 18.7. The maximum absolute atomic E-state index is 13.4. The first-order chi connectivity index (χ1) is 12.5. The summed E-state index contributed by atoms with van der Waals surface area (Å²) in [5, 5.41) is -0.0526. The van der Waals surface area contributed by atoms with Crippen LogP contribution < -0.4 is 9.64 Å². The minimum Gasteiger partial charge on any atom is -0.494 e. The van der Waals surface area contributed by atoms with Crippen molar-refractivity contribution in [3.63, 3.8) is 0 Å². The SMILES string of the molecule is CCCOc1ccc(/C=C2/SC(=S)N(c3ccc(F)c(Cl)c3)C2=O)cc1. The summed E-state index contributed by atoms with van der Waals surface area (Å²) in [6, 6.07) is 11.6. The van der Waals surface area contributed by atoms with E-state index in [0.717, 1.165) is 17.7 Å². The Morgan fingerprint density at radius 1 is 1.27 bits per heavy atom. The van der Waals surface area contributed by atoms with E-state index >= 15 is 0 Å². The normalized spacial score (nSPS) is 15.8. The highest BCUT2D eigenvalue weighted by molar-refractivity contribution is 8.27. The molecule has 1 aliphatic heterocycles. The molecule has 1 heterocycles. The molecule has 2 aromatic carbocycles. The Morgan fingerprint density at radius 3 is 2.65 bits per heavy atom. The van der Waals surface area contributed by atoms with E-state index < -0.39 is 5.82 Å². The Kier molecular flexibility index (Phi) is 5.96. The lowest BCUT2D eigenvalue weighted by Gasteiger charge is -2.14. The average molecular weight is 408 g/mol. The van der Waals surface area contributed by atoms with Gasteiger partial charge in [-0.1, -0.05) is 54.6 Å². The Bertz CT molecular complexity index is 884. The lowest BCUT2D eigenvalue weighted by Crippen LogP contribution is -2.27. The standard InChI is InChI=1S/C19H15ClFNO2S2/c1-2-9-24-14-6-3-12(4-7-14)10-17-18(23)22(19(25)26-17)13-5-8-16(21)15(20)11-13/h3-8,10-11H,2,9H2,1H3/b17-10+. The van der Waals surface area contributed by atoms with Crippen LogP contribution in [0.5, 0.6) is 5.75 Å². The van der Waals surface area contributed by atoms with Crippen LogP contribution >= 0.6 is 35.6 Å². The molecule has 1 amide bonds. The van der Waals surface area contributed by atoms with Gasteiger partial charge in [-0.2, -0.15) is 0 Å². The van der Waals surface area contributed by atoms with Crippen molar-refractivity contribution in [3.8, 4) is 5.75 Å². The van der Waals surface area contributed by atoms with Crippen molar-refractivity contribution in [2.75, 3.05) is 11.5 Å². The number of ether oxygens (including phenoxy) is 1. The van der Waals surface area contributed by atoms with Crippen LogP contribution in [0, 0.1) is 5.82 Å². The molecule has 0 bridgehead atoms. The second kappa shape index (κ2) is 8.20. The van der Waals surface area contributed by atoms with Crippen molar-refractivity contribution in [1.82, 2.24) is 0 Å². The van der Waals surface area contributed by atoms with Crippen molar-refractivity contribution in [2.24, 2.45) is 0 Å². The van der Waals surface area contributed by atoms with E-state index in [1.165, 1.54) is 34.9 Å². The largest absolute Gasteiger partial charge is 0.494 e. The molecule has 0 radical (unpaired) electrons. The zero-order valence-electron chi connectivity index (χ0n) is 13.9. The fraction of sp³-hybridized carbons (Fsp3) is 0.158. The highest BCUT2D eigenvalue weighted by atomic mass is 35.5. The second-order valence-electron chi connectivity index (χ2n) is 5.53. The van der Waals surface area contributed by atoms with Crippen molar-refractivity contribution in [1.29, 1.82) is 0 Å². The van der Waals surface area contributed by atoms with E-state index in [9.17, 15) is 9.18 Å². The maximum atomic E-state index is 13.4. The van der Waals surface area contributed by atoms with Gasteiger partial charge in [0.2, 0.25) is 0 Å². The van der Waals surface area contributed by atoms with Crippen LogP contribution in [0.15, 0.2) is 47.4 Å². The van der Waals surface area contributed by atoms with Crippen LogP contribution in [0.1, 0.15) is 18.9 Å². The van der Waals surface area contributed by atoms with Crippen molar-refractivity contribution in [3.05, 3.63) is 63.8 Å². The number of carbonyl (C=O) groups excluding carboxylic acids is 1. The van der Waals surface area contributed by atoms with Crippen molar-refractivity contribution in [2.45, 2.75) is 13.3 Å². The minimum atomic E-state index is -0.540. The van der Waals surface area contributed by atoms with Gasteiger partial charge in [-0.3, -0.25) is 9.69 Å². The number of thioether (sulfide) groups is 1. The molecular weight excluding hydrogens is 393 g/mol. The van der Waals surface area contributed by atoms with Gasteiger partial charge in [0.05, 0.1) is 22.2 Å². The number of anilines is 1. The summed E-state index contributed by atoms with van der Waals surface area (Å²) in [4.78, 5) is 14.6. The molecule has 0 atom stereocenters. The molecule has 1 saturated heterocycles. The summed E-state index contributed by atoms with van der Waals surface area (Å²) in [5.41, 5.74) is 1.32.